The van der Waals surface area contributed by atoms with Gasteiger partial charge in [-0.05, 0) is 73.6 Å². The van der Waals surface area contributed by atoms with Crippen LogP contribution in [0.4, 0.5) is 18.9 Å². The van der Waals surface area contributed by atoms with Crippen molar-refractivity contribution in [2.45, 2.75) is 38.8 Å². The molecule has 6 heteroatoms. The van der Waals surface area contributed by atoms with Crippen molar-refractivity contribution < 1.29 is 17.9 Å². The zero-order valence-corrected chi connectivity index (χ0v) is 17.5. The van der Waals surface area contributed by atoms with E-state index in [1.807, 2.05) is 4.90 Å². The van der Waals surface area contributed by atoms with Gasteiger partial charge in [-0.25, -0.2) is 0 Å². The Morgan fingerprint density at radius 2 is 1.70 bits per heavy atom. The van der Waals surface area contributed by atoms with Crippen LogP contribution < -0.4 is 9.64 Å². The molecule has 2 aromatic rings. The lowest BCUT2D eigenvalue weighted by Crippen LogP contribution is -2.46. The number of alkyl halides is 3. The molecular weight excluding hydrogens is 389 g/mol. The average Bonchev–Trinajstić information content (AvgIpc) is 3.18. The second kappa shape index (κ2) is 8.88. The molecule has 0 saturated carbocycles. The van der Waals surface area contributed by atoms with E-state index < -0.39 is 11.7 Å². The van der Waals surface area contributed by atoms with E-state index in [9.17, 15) is 13.2 Å². The second-order valence-electron chi connectivity index (χ2n) is 8.32. The van der Waals surface area contributed by atoms with Gasteiger partial charge >= 0.3 is 6.18 Å². The van der Waals surface area contributed by atoms with Crippen molar-refractivity contribution in [3.05, 3.63) is 58.7 Å². The molecule has 0 unspecified atom stereocenters. The Hall–Kier alpha value is -2.21. The molecule has 30 heavy (non-hydrogen) atoms. The first-order valence-corrected chi connectivity index (χ1v) is 10.8. The fraction of sp³-hybridized carbons (Fsp3) is 0.500. The molecule has 0 radical (unpaired) electrons. The molecule has 2 aromatic carbocycles. The Bertz CT molecular complexity index is 873. The number of hydrogen-bond acceptors (Lipinski definition) is 3. The Kier molecular flexibility index (Phi) is 6.23. The van der Waals surface area contributed by atoms with Gasteiger partial charge in [0.1, 0.15) is 5.75 Å². The van der Waals surface area contributed by atoms with Gasteiger partial charge in [0, 0.05) is 38.4 Å². The minimum atomic E-state index is -4.30. The number of nitrogens with zero attached hydrogens (tertiary/aromatic N) is 2. The normalized spacial score (nSPS) is 17.3. The van der Waals surface area contributed by atoms with Crippen LogP contribution in [0.15, 0.2) is 36.4 Å². The fourth-order valence-corrected chi connectivity index (χ4v) is 4.46. The van der Waals surface area contributed by atoms with Crippen molar-refractivity contribution in [3.8, 4) is 5.75 Å². The molecule has 2 aliphatic rings. The second-order valence-corrected chi connectivity index (χ2v) is 8.32. The predicted octanol–water partition coefficient (Wildman–Crippen LogP) is 5.09. The number of anilines is 1. The Balaban J connectivity index is 1.21. The summed E-state index contributed by atoms with van der Waals surface area (Å²) in [6.07, 6.45) is 0.227. The van der Waals surface area contributed by atoms with Gasteiger partial charge in [0.2, 0.25) is 0 Å². The Morgan fingerprint density at radius 3 is 2.43 bits per heavy atom. The Morgan fingerprint density at radius 1 is 0.967 bits per heavy atom. The maximum absolute atomic E-state index is 12.9. The van der Waals surface area contributed by atoms with Crippen molar-refractivity contribution in [2.75, 3.05) is 44.2 Å². The number of ether oxygens (including phenoxy) is 1. The lowest BCUT2D eigenvalue weighted by molar-refractivity contribution is -0.137. The number of hydrogen-bond donors (Lipinski definition) is 0. The lowest BCUT2D eigenvalue weighted by atomic mass is 10.1. The highest BCUT2D eigenvalue weighted by atomic mass is 19.4. The molecule has 1 aliphatic heterocycles. The van der Waals surface area contributed by atoms with E-state index in [0.717, 1.165) is 57.4 Å². The molecule has 0 atom stereocenters. The maximum atomic E-state index is 12.9. The molecule has 1 saturated heterocycles. The standard InChI is InChI=1S/C24H29F3N2O/c1-18-15-19-5-2-6-20(19)16-23(18)30-14-4-9-28-10-12-29(13-11-28)22-8-3-7-21(17-22)24(25,26)27/h3,7-8,15-17H,2,4-6,9-14H2,1H3. The summed E-state index contributed by atoms with van der Waals surface area (Å²) in [4.78, 5) is 4.40. The quantitative estimate of drug-likeness (QED) is 0.608. The zero-order chi connectivity index (χ0) is 21.1. The van der Waals surface area contributed by atoms with Gasteiger partial charge in [0.05, 0.1) is 12.2 Å². The number of benzene rings is 2. The molecule has 1 fully saturated rings. The van der Waals surface area contributed by atoms with Gasteiger partial charge in [0.15, 0.2) is 0 Å². The van der Waals surface area contributed by atoms with Crippen molar-refractivity contribution in [3.63, 3.8) is 0 Å². The minimum absolute atomic E-state index is 0.582. The minimum Gasteiger partial charge on any atom is -0.493 e. The van der Waals surface area contributed by atoms with Crippen molar-refractivity contribution in [1.29, 1.82) is 0 Å². The molecule has 4 rings (SSSR count). The molecule has 162 valence electrons. The molecular formula is C24H29F3N2O. The van der Waals surface area contributed by atoms with E-state index in [0.29, 0.717) is 12.3 Å². The van der Waals surface area contributed by atoms with E-state index >= 15 is 0 Å². The molecule has 1 heterocycles. The van der Waals surface area contributed by atoms with Crippen LogP contribution in [0.5, 0.6) is 5.75 Å². The van der Waals surface area contributed by atoms with Gasteiger partial charge < -0.3 is 9.64 Å². The van der Waals surface area contributed by atoms with E-state index in [1.54, 1.807) is 6.07 Å². The number of rotatable bonds is 6. The highest BCUT2D eigenvalue weighted by Crippen LogP contribution is 2.32. The van der Waals surface area contributed by atoms with Crippen LogP contribution >= 0.6 is 0 Å². The zero-order valence-electron chi connectivity index (χ0n) is 17.5. The summed E-state index contributed by atoms with van der Waals surface area (Å²) in [7, 11) is 0. The molecule has 0 spiro atoms. The first-order valence-electron chi connectivity index (χ1n) is 10.8. The van der Waals surface area contributed by atoms with Gasteiger partial charge in [-0.3, -0.25) is 4.90 Å². The van der Waals surface area contributed by atoms with E-state index in [1.165, 1.54) is 41.7 Å². The largest absolute Gasteiger partial charge is 0.493 e. The molecule has 0 N–H and O–H groups in total. The smallest absolute Gasteiger partial charge is 0.416 e. The first kappa shape index (κ1) is 21.0. The topological polar surface area (TPSA) is 15.7 Å². The van der Waals surface area contributed by atoms with E-state index in [-0.39, 0.29) is 0 Å². The predicted molar refractivity (Wildman–Crippen MR) is 113 cm³/mol. The number of aryl methyl sites for hydroxylation is 3. The van der Waals surface area contributed by atoms with Crippen LogP contribution in [0.2, 0.25) is 0 Å². The summed E-state index contributed by atoms with van der Waals surface area (Å²) in [5, 5.41) is 0. The summed E-state index contributed by atoms with van der Waals surface area (Å²) in [6.45, 7) is 6.94. The molecule has 3 nitrogen and oxygen atoms in total. The third-order valence-electron chi connectivity index (χ3n) is 6.18. The number of halogens is 3. The third-order valence-corrected chi connectivity index (χ3v) is 6.18. The van der Waals surface area contributed by atoms with Gasteiger partial charge in [-0.15, -0.1) is 0 Å². The van der Waals surface area contributed by atoms with Crippen molar-refractivity contribution in [1.82, 2.24) is 4.90 Å². The number of piperazine rings is 1. The van der Waals surface area contributed by atoms with Gasteiger partial charge in [-0.2, -0.15) is 13.2 Å². The van der Waals surface area contributed by atoms with Crippen LogP contribution in [0, 0.1) is 6.92 Å². The van der Waals surface area contributed by atoms with Crippen LogP contribution in [-0.4, -0.2) is 44.2 Å². The summed E-state index contributed by atoms with van der Waals surface area (Å²) in [5.41, 5.74) is 4.19. The van der Waals surface area contributed by atoms with Crippen LogP contribution in [0.1, 0.15) is 35.1 Å². The highest BCUT2D eigenvalue weighted by molar-refractivity contribution is 5.49. The van der Waals surface area contributed by atoms with Crippen LogP contribution in [0.25, 0.3) is 0 Å². The first-order chi connectivity index (χ1) is 14.4. The molecule has 1 aliphatic carbocycles. The summed E-state index contributed by atoms with van der Waals surface area (Å²) >= 11 is 0. The van der Waals surface area contributed by atoms with E-state index in [2.05, 4.69) is 24.0 Å². The highest BCUT2D eigenvalue weighted by Gasteiger charge is 2.31. The van der Waals surface area contributed by atoms with Crippen LogP contribution in [0.3, 0.4) is 0 Å². The molecule has 0 bridgehead atoms. The molecule has 0 aromatic heterocycles. The lowest BCUT2D eigenvalue weighted by Gasteiger charge is -2.36. The monoisotopic (exact) mass is 418 g/mol. The van der Waals surface area contributed by atoms with Gasteiger partial charge in [-0.1, -0.05) is 12.1 Å². The maximum Gasteiger partial charge on any atom is 0.416 e. The number of fused-ring (bicyclic) bond motifs is 1. The Labute approximate surface area is 176 Å². The van der Waals surface area contributed by atoms with Crippen molar-refractivity contribution >= 4 is 5.69 Å². The van der Waals surface area contributed by atoms with Crippen LogP contribution in [-0.2, 0) is 19.0 Å². The summed E-state index contributed by atoms with van der Waals surface area (Å²) in [5.74, 6) is 1.00. The summed E-state index contributed by atoms with van der Waals surface area (Å²) in [6, 6.07) is 10.1. The average molecular weight is 419 g/mol. The fourth-order valence-electron chi connectivity index (χ4n) is 4.46. The summed E-state index contributed by atoms with van der Waals surface area (Å²) < 4.78 is 44.9. The van der Waals surface area contributed by atoms with Crippen molar-refractivity contribution in [2.24, 2.45) is 0 Å². The molecule has 0 amide bonds. The van der Waals surface area contributed by atoms with Gasteiger partial charge in [0.25, 0.3) is 0 Å². The SMILES string of the molecule is Cc1cc2c(cc1OCCCN1CCN(c3cccc(C(F)(F)F)c3)CC1)CCC2. The van der Waals surface area contributed by atoms with E-state index in [4.69, 9.17) is 4.74 Å². The third kappa shape index (κ3) is 4.91.